The van der Waals surface area contributed by atoms with Crippen molar-refractivity contribution >= 4 is 9.84 Å². The number of hydrogen-bond acceptors (Lipinski definition) is 3. The molecule has 1 N–H and O–H groups in total. The third-order valence-electron chi connectivity index (χ3n) is 4.26. The van der Waals surface area contributed by atoms with Gasteiger partial charge in [-0.3, -0.25) is 0 Å². The molecule has 1 aliphatic rings. The summed E-state index contributed by atoms with van der Waals surface area (Å²) in [6.45, 7) is 2.12. The van der Waals surface area contributed by atoms with Crippen molar-refractivity contribution in [2.45, 2.75) is 42.4 Å². The van der Waals surface area contributed by atoms with Crippen LogP contribution in [0.2, 0.25) is 0 Å². The molecule has 0 aromatic heterocycles. The number of alkyl halides is 2. The summed E-state index contributed by atoms with van der Waals surface area (Å²) in [5, 5.41) is 3.26. The van der Waals surface area contributed by atoms with E-state index in [0.29, 0.717) is 17.9 Å². The van der Waals surface area contributed by atoms with Gasteiger partial charge in [0.2, 0.25) is 9.84 Å². The molecule has 1 aliphatic carbocycles. The van der Waals surface area contributed by atoms with E-state index in [2.05, 4.69) is 12.2 Å². The molecular weight excluding hydrogens is 284 g/mol. The molecule has 0 aliphatic heterocycles. The second kappa shape index (κ2) is 5.77. The summed E-state index contributed by atoms with van der Waals surface area (Å²) in [5.41, 5.74) is 1.02. The molecule has 3 unspecified atom stereocenters. The molecule has 2 rings (SSSR count). The standard InChI is InChI=1S/C14H19F2NO2S/c1-3-11-12(8-13(11)17-2)9-4-6-10(7-5-9)20(18,19)14(15)16/h4-7,11-14,17H,3,8H2,1-2H3. The molecule has 0 heterocycles. The van der Waals surface area contributed by atoms with Crippen molar-refractivity contribution in [2.75, 3.05) is 7.05 Å². The fourth-order valence-electron chi connectivity index (χ4n) is 3.00. The molecule has 112 valence electrons. The maximum absolute atomic E-state index is 12.5. The largest absolute Gasteiger partial charge is 0.341 e. The van der Waals surface area contributed by atoms with E-state index in [0.717, 1.165) is 18.4 Å². The van der Waals surface area contributed by atoms with Crippen LogP contribution in [0.4, 0.5) is 8.78 Å². The van der Waals surface area contributed by atoms with Crippen LogP contribution in [0.3, 0.4) is 0 Å². The first-order chi connectivity index (χ1) is 9.41. The molecule has 1 aromatic rings. The Morgan fingerprint density at radius 3 is 2.35 bits per heavy atom. The minimum atomic E-state index is -4.49. The van der Waals surface area contributed by atoms with Crippen molar-refractivity contribution < 1.29 is 17.2 Å². The maximum Gasteiger partial charge on any atom is 0.341 e. The van der Waals surface area contributed by atoms with Gasteiger partial charge in [-0.15, -0.1) is 0 Å². The lowest BCUT2D eigenvalue weighted by molar-refractivity contribution is 0.169. The SMILES string of the molecule is CCC1C(NC)CC1c1ccc(S(=O)(=O)C(F)F)cc1. The lowest BCUT2D eigenvalue weighted by Gasteiger charge is -2.45. The Morgan fingerprint density at radius 1 is 1.30 bits per heavy atom. The second-order valence-corrected chi connectivity index (χ2v) is 7.10. The monoisotopic (exact) mass is 303 g/mol. The van der Waals surface area contributed by atoms with Crippen LogP contribution >= 0.6 is 0 Å². The zero-order valence-electron chi connectivity index (χ0n) is 11.5. The number of benzene rings is 1. The van der Waals surface area contributed by atoms with Crippen LogP contribution in [0.5, 0.6) is 0 Å². The summed E-state index contributed by atoms with van der Waals surface area (Å²) in [6, 6.07) is 6.38. The Kier molecular flexibility index (Phi) is 4.44. The van der Waals surface area contributed by atoms with Crippen molar-refractivity contribution in [1.82, 2.24) is 5.32 Å². The number of rotatable bonds is 5. The van der Waals surface area contributed by atoms with Gasteiger partial charge in [0, 0.05) is 6.04 Å². The van der Waals surface area contributed by atoms with Crippen LogP contribution in [0.25, 0.3) is 0 Å². The summed E-state index contributed by atoms with van der Waals surface area (Å²) in [7, 11) is -2.56. The molecule has 1 saturated carbocycles. The van der Waals surface area contributed by atoms with E-state index in [-0.39, 0.29) is 4.90 Å². The van der Waals surface area contributed by atoms with E-state index < -0.39 is 15.6 Å². The average Bonchev–Trinajstić information content (AvgIpc) is 2.39. The molecular formula is C14H19F2NO2S. The number of nitrogens with one attached hydrogen (secondary N) is 1. The highest BCUT2D eigenvalue weighted by molar-refractivity contribution is 7.91. The van der Waals surface area contributed by atoms with Crippen molar-refractivity contribution in [3.63, 3.8) is 0 Å². The molecule has 0 radical (unpaired) electrons. The molecule has 1 fully saturated rings. The van der Waals surface area contributed by atoms with Gasteiger partial charge in [0.05, 0.1) is 4.90 Å². The molecule has 0 bridgehead atoms. The maximum atomic E-state index is 12.5. The van der Waals surface area contributed by atoms with E-state index in [1.165, 1.54) is 12.1 Å². The van der Waals surface area contributed by atoms with Crippen LogP contribution in [0.15, 0.2) is 29.2 Å². The van der Waals surface area contributed by atoms with Crippen LogP contribution in [0.1, 0.15) is 31.2 Å². The Morgan fingerprint density at radius 2 is 1.90 bits per heavy atom. The van der Waals surface area contributed by atoms with Crippen LogP contribution in [0, 0.1) is 5.92 Å². The van der Waals surface area contributed by atoms with Crippen molar-refractivity contribution in [1.29, 1.82) is 0 Å². The van der Waals surface area contributed by atoms with Crippen LogP contribution in [-0.4, -0.2) is 27.3 Å². The van der Waals surface area contributed by atoms with Gasteiger partial charge in [0.15, 0.2) is 0 Å². The van der Waals surface area contributed by atoms with Gasteiger partial charge >= 0.3 is 5.76 Å². The molecule has 0 saturated heterocycles. The zero-order valence-corrected chi connectivity index (χ0v) is 12.3. The van der Waals surface area contributed by atoms with E-state index in [4.69, 9.17) is 0 Å². The molecule has 0 amide bonds. The van der Waals surface area contributed by atoms with Gasteiger partial charge in [0.25, 0.3) is 0 Å². The first-order valence-electron chi connectivity index (χ1n) is 6.71. The summed E-state index contributed by atoms with van der Waals surface area (Å²) >= 11 is 0. The zero-order chi connectivity index (χ0) is 14.9. The quantitative estimate of drug-likeness (QED) is 0.910. The van der Waals surface area contributed by atoms with Gasteiger partial charge in [0.1, 0.15) is 0 Å². The Hall–Kier alpha value is -1.01. The predicted octanol–water partition coefficient (Wildman–Crippen LogP) is 2.78. The highest BCUT2D eigenvalue weighted by Crippen LogP contribution is 2.44. The topological polar surface area (TPSA) is 46.2 Å². The van der Waals surface area contributed by atoms with E-state index in [1.807, 2.05) is 7.05 Å². The van der Waals surface area contributed by atoms with Gasteiger partial charge in [-0.2, -0.15) is 8.78 Å². The van der Waals surface area contributed by atoms with Crippen molar-refractivity contribution in [2.24, 2.45) is 5.92 Å². The Balaban J connectivity index is 2.18. The highest BCUT2D eigenvalue weighted by atomic mass is 32.2. The first kappa shape index (κ1) is 15.4. The normalized spacial score (nSPS) is 26.6. The van der Waals surface area contributed by atoms with E-state index in [9.17, 15) is 17.2 Å². The van der Waals surface area contributed by atoms with Gasteiger partial charge < -0.3 is 5.32 Å². The summed E-state index contributed by atoms with van der Waals surface area (Å²) in [5.74, 6) is -2.48. The van der Waals surface area contributed by atoms with Gasteiger partial charge in [-0.1, -0.05) is 25.5 Å². The van der Waals surface area contributed by atoms with Crippen LogP contribution in [-0.2, 0) is 9.84 Å². The van der Waals surface area contributed by atoms with Gasteiger partial charge in [-0.05, 0) is 43.0 Å². The lowest BCUT2D eigenvalue weighted by Crippen LogP contribution is -2.47. The molecule has 3 atom stereocenters. The molecule has 3 nitrogen and oxygen atoms in total. The van der Waals surface area contributed by atoms with Crippen LogP contribution < -0.4 is 5.32 Å². The first-order valence-corrected chi connectivity index (χ1v) is 8.25. The summed E-state index contributed by atoms with van der Waals surface area (Å²) in [6.07, 6.45) is 2.03. The number of halogens is 2. The Labute approximate surface area is 118 Å². The fraction of sp³-hybridized carbons (Fsp3) is 0.571. The Bertz CT molecular complexity index is 557. The minimum absolute atomic E-state index is 0.311. The summed E-state index contributed by atoms with van der Waals surface area (Å²) in [4.78, 5) is -0.311. The second-order valence-electron chi connectivity index (χ2n) is 5.18. The molecule has 0 spiro atoms. The summed E-state index contributed by atoms with van der Waals surface area (Å²) < 4.78 is 47.6. The lowest BCUT2D eigenvalue weighted by atomic mass is 9.65. The third kappa shape index (κ3) is 2.59. The number of hydrogen-bond donors (Lipinski definition) is 1. The minimum Gasteiger partial charge on any atom is -0.317 e. The predicted molar refractivity (Wildman–Crippen MR) is 73.6 cm³/mol. The third-order valence-corrected chi connectivity index (χ3v) is 5.65. The molecule has 1 aromatic carbocycles. The fourth-order valence-corrected chi connectivity index (χ4v) is 3.72. The number of sulfone groups is 1. The van der Waals surface area contributed by atoms with E-state index in [1.54, 1.807) is 12.1 Å². The molecule has 20 heavy (non-hydrogen) atoms. The highest BCUT2D eigenvalue weighted by Gasteiger charge is 2.39. The average molecular weight is 303 g/mol. The van der Waals surface area contributed by atoms with Gasteiger partial charge in [-0.25, -0.2) is 8.42 Å². The van der Waals surface area contributed by atoms with Crippen molar-refractivity contribution in [3.8, 4) is 0 Å². The smallest absolute Gasteiger partial charge is 0.317 e. The van der Waals surface area contributed by atoms with E-state index >= 15 is 0 Å². The molecule has 6 heteroatoms. The van der Waals surface area contributed by atoms with Crippen molar-refractivity contribution in [3.05, 3.63) is 29.8 Å².